The van der Waals surface area contributed by atoms with Crippen LogP contribution in [0.1, 0.15) is 23.0 Å². The van der Waals surface area contributed by atoms with Gasteiger partial charge in [-0.3, -0.25) is 9.59 Å². The maximum Gasteiger partial charge on any atom is 0.292 e. The quantitative estimate of drug-likeness (QED) is 0.401. The number of hydrazone groups is 1. The molecule has 154 valence electrons. The number of amides is 1. The summed E-state index contributed by atoms with van der Waals surface area (Å²) in [6, 6.07) is 23.2. The van der Waals surface area contributed by atoms with E-state index in [0.29, 0.717) is 22.2 Å². The van der Waals surface area contributed by atoms with Crippen LogP contribution in [0.15, 0.2) is 88.8 Å². The lowest BCUT2D eigenvalue weighted by Gasteiger charge is -2.10. The zero-order chi connectivity index (χ0) is 21.8. The molecule has 0 saturated heterocycles. The molecule has 0 fully saturated rings. The molecule has 0 spiro atoms. The zero-order valence-electron chi connectivity index (χ0n) is 17.1. The molecule has 0 aliphatic carbocycles. The van der Waals surface area contributed by atoms with Crippen LogP contribution >= 0.6 is 0 Å². The van der Waals surface area contributed by atoms with Gasteiger partial charge in [-0.05, 0) is 55.0 Å². The zero-order valence-corrected chi connectivity index (χ0v) is 17.1. The van der Waals surface area contributed by atoms with Crippen LogP contribution < -0.4 is 15.7 Å². The van der Waals surface area contributed by atoms with Crippen molar-refractivity contribution in [3.63, 3.8) is 0 Å². The molecule has 0 unspecified atom stereocenters. The monoisotopic (exact) mass is 412 g/mol. The third kappa shape index (κ3) is 4.06. The SMILES string of the molecule is COc1ccc(/C(C)=N\NC(=O)c2nn(-c3ccccc3)c(=O)c3ccccc23)cc1. The number of rotatable bonds is 5. The van der Waals surface area contributed by atoms with E-state index in [-0.39, 0.29) is 11.3 Å². The summed E-state index contributed by atoms with van der Waals surface area (Å²) in [6.07, 6.45) is 0. The van der Waals surface area contributed by atoms with Crippen molar-refractivity contribution in [2.45, 2.75) is 6.92 Å². The molecule has 31 heavy (non-hydrogen) atoms. The Morgan fingerprint density at radius 1 is 0.935 bits per heavy atom. The standard InChI is InChI=1S/C24H20N4O3/c1-16(17-12-14-19(31-2)15-13-17)25-26-23(29)22-20-10-6-7-11-21(20)24(30)28(27-22)18-8-4-3-5-9-18/h3-15H,1-2H3,(H,26,29)/b25-16-. The minimum Gasteiger partial charge on any atom is -0.497 e. The van der Waals surface area contributed by atoms with E-state index in [1.165, 1.54) is 4.68 Å². The molecule has 0 saturated carbocycles. The molecule has 1 aromatic heterocycles. The Morgan fingerprint density at radius 2 is 1.58 bits per heavy atom. The van der Waals surface area contributed by atoms with Crippen LogP contribution in [-0.4, -0.2) is 28.5 Å². The number of fused-ring (bicyclic) bond motifs is 1. The first-order chi connectivity index (χ1) is 15.1. The highest BCUT2D eigenvalue weighted by atomic mass is 16.5. The number of carbonyl (C=O) groups excluding carboxylic acids is 1. The Bertz CT molecular complexity index is 1330. The molecular formula is C24H20N4O3. The van der Waals surface area contributed by atoms with Crippen molar-refractivity contribution in [1.82, 2.24) is 15.2 Å². The number of hydrogen-bond donors (Lipinski definition) is 1. The van der Waals surface area contributed by atoms with Gasteiger partial charge in [-0.15, -0.1) is 0 Å². The van der Waals surface area contributed by atoms with Gasteiger partial charge in [0.25, 0.3) is 11.5 Å². The molecule has 4 rings (SSSR count). The minimum absolute atomic E-state index is 0.116. The Hall–Kier alpha value is -4.26. The smallest absolute Gasteiger partial charge is 0.292 e. The van der Waals surface area contributed by atoms with Crippen LogP contribution in [-0.2, 0) is 0 Å². The van der Waals surface area contributed by atoms with Crippen LogP contribution in [0, 0.1) is 0 Å². The van der Waals surface area contributed by atoms with Gasteiger partial charge in [-0.2, -0.15) is 14.9 Å². The molecule has 0 bridgehead atoms. The number of nitrogens with zero attached hydrogens (tertiary/aromatic N) is 3. The topological polar surface area (TPSA) is 85.6 Å². The van der Waals surface area contributed by atoms with Gasteiger partial charge < -0.3 is 4.74 Å². The van der Waals surface area contributed by atoms with Gasteiger partial charge in [0, 0.05) is 5.39 Å². The van der Waals surface area contributed by atoms with Crippen LogP contribution in [0.3, 0.4) is 0 Å². The van der Waals surface area contributed by atoms with E-state index >= 15 is 0 Å². The fourth-order valence-electron chi connectivity index (χ4n) is 3.19. The summed E-state index contributed by atoms with van der Waals surface area (Å²) in [5.41, 5.74) is 4.41. The molecule has 0 aliphatic heterocycles. The Labute approximate surface area is 178 Å². The Kier molecular flexibility index (Phi) is 5.57. The molecular weight excluding hydrogens is 392 g/mol. The fourth-order valence-corrected chi connectivity index (χ4v) is 3.19. The van der Waals surface area contributed by atoms with Crippen LogP contribution in [0.2, 0.25) is 0 Å². The van der Waals surface area contributed by atoms with Gasteiger partial charge in [0.05, 0.1) is 23.9 Å². The number of ether oxygens (including phenoxy) is 1. The predicted octanol–water partition coefficient (Wildman–Crippen LogP) is 3.55. The molecule has 1 amide bonds. The molecule has 0 atom stereocenters. The normalized spacial score (nSPS) is 11.4. The largest absolute Gasteiger partial charge is 0.497 e. The van der Waals surface area contributed by atoms with Crippen LogP contribution in [0.4, 0.5) is 0 Å². The number of aromatic nitrogens is 2. The lowest BCUT2D eigenvalue weighted by Crippen LogP contribution is -2.28. The first kappa shape index (κ1) is 20.0. The maximum absolute atomic E-state index is 13.0. The third-order valence-electron chi connectivity index (χ3n) is 4.85. The molecule has 7 nitrogen and oxygen atoms in total. The number of nitrogens with one attached hydrogen (secondary N) is 1. The first-order valence-electron chi connectivity index (χ1n) is 9.65. The molecule has 4 aromatic rings. The summed E-state index contributed by atoms with van der Waals surface area (Å²) < 4.78 is 6.39. The number of methoxy groups -OCH3 is 1. The van der Waals surface area contributed by atoms with Crippen molar-refractivity contribution in [3.05, 3.63) is 100 Å². The Balaban J connectivity index is 1.72. The van der Waals surface area contributed by atoms with E-state index in [0.717, 1.165) is 11.3 Å². The summed E-state index contributed by atoms with van der Waals surface area (Å²) in [5.74, 6) is 0.230. The lowest BCUT2D eigenvalue weighted by atomic mass is 10.1. The van der Waals surface area contributed by atoms with Gasteiger partial charge in [-0.25, -0.2) is 5.43 Å². The summed E-state index contributed by atoms with van der Waals surface area (Å²) in [5, 5.41) is 9.43. The molecule has 7 heteroatoms. The second-order valence-corrected chi connectivity index (χ2v) is 6.81. The molecule has 0 aliphatic rings. The van der Waals surface area contributed by atoms with Gasteiger partial charge in [0.1, 0.15) is 5.75 Å². The van der Waals surface area contributed by atoms with Crippen LogP contribution in [0.25, 0.3) is 16.5 Å². The Morgan fingerprint density at radius 3 is 2.26 bits per heavy atom. The number of benzene rings is 3. The number of carbonyl (C=O) groups is 1. The highest BCUT2D eigenvalue weighted by Crippen LogP contribution is 2.16. The van der Waals surface area contributed by atoms with E-state index in [1.807, 2.05) is 30.3 Å². The number of hydrogen-bond acceptors (Lipinski definition) is 5. The lowest BCUT2D eigenvalue weighted by molar-refractivity contribution is 0.0950. The van der Waals surface area contributed by atoms with E-state index in [2.05, 4.69) is 15.6 Å². The van der Waals surface area contributed by atoms with Crippen molar-refractivity contribution < 1.29 is 9.53 Å². The van der Waals surface area contributed by atoms with Crippen molar-refractivity contribution in [1.29, 1.82) is 0 Å². The van der Waals surface area contributed by atoms with Crippen molar-refractivity contribution in [2.24, 2.45) is 5.10 Å². The predicted molar refractivity (Wildman–Crippen MR) is 120 cm³/mol. The second-order valence-electron chi connectivity index (χ2n) is 6.81. The van der Waals surface area contributed by atoms with E-state index in [9.17, 15) is 9.59 Å². The van der Waals surface area contributed by atoms with E-state index in [4.69, 9.17) is 4.74 Å². The molecule has 1 N–H and O–H groups in total. The number of para-hydroxylation sites is 1. The van der Waals surface area contributed by atoms with Crippen molar-refractivity contribution in [3.8, 4) is 11.4 Å². The fraction of sp³-hybridized carbons (Fsp3) is 0.0833. The molecule has 1 heterocycles. The van der Waals surface area contributed by atoms with Gasteiger partial charge in [-0.1, -0.05) is 36.4 Å². The third-order valence-corrected chi connectivity index (χ3v) is 4.85. The molecule has 0 radical (unpaired) electrons. The summed E-state index contributed by atoms with van der Waals surface area (Å²) >= 11 is 0. The average Bonchev–Trinajstić information content (AvgIpc) is 2.83. The summed E-state index contributed by atoms with van der Waals surface area (Å²) in [4.78, 5) is 25.9. The average molecular weight is 412 g/mol. The maximum atomic E-state index is 13.0. The van der Waals surface area contributed by atoms with Crippen LogP contribution in [0.5, 0.6) is 5.75 Å². The van der Waals surface area contributed by atoms with E-state index in [1.54, 1.807) is 62.6 Å². The highest BCUT2D eigenvalue weighted by molar-refractivity contribution is 6.06. The van der Waals surface area contributed by atoms with E-state index < -0.39 is 5.91 Å². The van der Waals surface area contributed by atoms with Crippen molar-refractivity contribution >= 4 is 22.4 Å². The highest BCUT2D eigenvalue weighted by Gasteiger charge is 2.17. The van der Waals surface area contributed by atoms with Gasteiger partial charge in [0.15, 0.2) is 5.69 Å². The minimum atomic E-state index is -0.506. The van der Waals surface area contributed by atoms with Gasteiger partial charge >= 0.3 is 0 Å². The van der Waals surface area contributed by atoms with Crippen molar-refractivity contribution in [2.75, 3.05) is 7.11 Å². The second kappa shape index (κ2) is 8.62. The molecule has 3 aromatic carbocycles. The summed E-state index contributed by atoms with van der Waals surface area (Å²) in [7, 11) is 1.60. The van der Waals surface area contributed by atoms with Gasteiger partial charge in [0.2, 0.25) is 0 Å². The summed E-state index contributed by atoms with van der Waals surface area (Å²) in [6.45, 7) is 1.79. The first-order valence-corrected chi connectivity index (χ1v) is 9.65.